The van der Waals surface area contributed by atoms with Crippen molar-refractivity contribution in [1.29, 1.82) is 0 Å². The summed E-state index contributed by atoms with van der Waals surface area (Å²) in [6, 6.07) is 70.3. The van der Waals surface area contributed by atoms with Crippen molar-refractivity contribution in [2.24, 2.45) is 0 Å². The van der Waals surface area contributed by atoms with Crippen molar-refractivity contribution in [3.8, 4) is 56.7 Å². The number of hydrogen-bond acceptors (Lipinski definition) is 3. The summed E-state index contributed by atoms with van der Waals surface area (Å²) in [4.78, 5) is 15.2. The number of hydrogen-bond donors (Lipinski definition) is 0. The number of aromatic nitrogens is 5. The van der Waals surface area contributed by atoms with Crippen molar-refractivity contribution in [2.45, 2.75) is 0 Å². The molecule has 11 aromatic rings. The largest absolute Gasteiger partial charge is 0.309 e. The first kappa shape index (κ1) is 31.9. The lowest BCUT2D eigenvalue weighted by Gasteiger charge is -2.13. The Kier molecular flexibility index (Phi) is 7.42. The van der Waals surface area contributed by atoms with E-state index < -0.39 is 0 Å². The Morgan fingerprint density at radius 3 is 1.29 bits per heavy atom. The van der Waals surface area contributed by atoms with Crippen LogP contribution in [0.2, 0.25) is 0 Å². The molecule has 262 valence electrons. The number of benzene rings is 8. The minimum atomic E-state index is 0.625. The van der Waals surface area contributed by atoms with Gasteiger partial charge in [-0.25, -0.2) is 15.0 Å². The molecule has 0 bridgehead atoms. The fourth-order valence-corrected chi connectivity index (χ4v) is 8.21. The van der Waals surface area contributed by atoms with E-state index in [4.69, 9.17) is 15.0 Å². The monoisotopic (exact) mass is 715 g/mol. The van der Waals surface area contributed by atoms with Crippen LogP contribution in [-0.4, -0.2) is 24.1 Å². The molecular formula is C51H33N5. The van der Waals surface area contributed by atoms with Gasteiger partial charge in [0.2, 0.25) is 0 Å². The number of fused-ring (bicyclic) bond motifs is 6. The molecule has 0 radical (unpaired) electrons. The number of para-hydroxylation sites is 3. The van der Waals surface area contributed by atoms with E-state index in [1.54, 1.807) is 0 Å². The molecule has 3 heterocycles. The van der Waals surface area contributed by atoms with E-state index in [-0.39, 0.29) is 0 Å². The third-order valence-electron chi connectivity index (χ3n) is 10.8. The van der Waals surface area contributed by atoms with Gasteiger partial charge >= 0.3 is 0 Å². The second-order valence-corrected chi connectivity index (χ2v) is 14.1. The predicted molar refractivity (Wildman–Crippen MR) is 230 cm³/mol. The first-order chi connectivity index (χ1) is 27.8. The molecule has 8 aromatic carbocycles. The summed E-state index contributed by atoms with van der Waals surface area (Å²) in [7, 11) is 0. The Morgan fingerprint density at radius 1 is 0.268 bits per heavy atom. The summed E-state index contributed by atoms with van der Waals surface area (Å²) < 4.78 is 4.76. The molecule has 0 saturated heterocycles. The zero-order valence-electron chi connectivity index (χ0n) is 30.3. The van der Waals surface area contributed by atoms with Crippen molar-refractivity contribution < 1.29 is 0 Å². The minimum Gasteiger partial charge on any atom is -0.309 e. The fourth-order valence-electron chi connectivity index (χ4n) is 8.21. The average molecular weight is 716 g/mol. The lowest BCUT2D eigenvalue weighted by Crippen LogP contribution is -2.01. The van der Waals surface area contributed by atoms with Gasteiger partial charge in [0.05, 0.1) is 22.1 Å². The van der Waals surface area contributed by atoms with E-state index in [0.717, 1.165) is 50.2 Å². The first-order valence-electron chi connectivity index (χ1n) is 18.9. The van der Waals surface area contributed by atoms with Crippen molar-refractivity contribution in [3.63, 3.8) is 0 Å². The smallest absolute Gasteiger partial charge is 0.164 e. The lowest BCUT2D eigenvalue weighted by atomic mass is 9.99. The Hall–Kier alpha value is -7.63. The Morgan fingerprint density at radius 2 is 0.696 bits per heavy atom. The predicted octanol–water partition coefficient (Wildman–Crippen LogP) is 12.7. The highest BCUT2D eigenvalue weighted by Gasteiger charge is 2.19. The second-order valence-electron chi connectivity index (χ2n) is 14.1. The third-order valence-corrected chi connectivity index (χ3v) is 10.8. The Bertz CT molecular complexity index is 3220. The van der Waals surface area contributed by atoms with Crippen LogP contribution in [0.1, 0.15) is 0 Å². The quantitative estimate of drug-likeness (QED) is 0.172. The zero-order valence-corrected chi connectivity index (χ0v) is 30.3. The highest BCUT2D eigenvalue weighted by atomic mass is 15.0. The van der Waals surface area contributed by atoms with Gasteiger partial charge in [-0.2, -0.15) is 0 Å². The van der Waals surface area contributed by atoms with Gasteiger partial charge in [-0.1, -0.05) is 140 Å². The van der Waals surface area contributed by atoms with Gasteiger partial charge in [0.15, 0.2) is 17.5 Å². The van der Waals surface area contributed by atoms with Crippen LogP contribution in [0.15, 0.2) is 200 Å². The van der Waals surface area contributed by atoms with Crippen LogP contribution >= 0.6 is 0 Å². The molecule has 0 aliphatic carbocycles. The van der Waals surface area contributed by atoms with Gasteiger partial charge in [-0.3, -0.25) is 0 Å². The standard InChI is InChI=1S/C51H33N5/c1-4-16-34(17-5-1)39-22-10-11-25-42(39)51-53-49(35-18-6-2-7-19-35)52-50(54-51)36-28-30-38(31-29-36)56-46-27-15-13-24-41(46)44-32-43-40-23-12-14-26-45(40)55(47(43)33-48(44)56)37-20-8-3-9-21-37/h1-33H. The molecule has 3 aromatic heterocycles. The molecule has 0 aliphatic rings. The van der Waals surface area contributed by atoms with Gasteiger partial charge in [-0.15, -0.1) is 0 Å². The molecule has 11 rings (SSSR count). The molecule has 56 heavy (non-hydrogen) atoms. The molecular weight excluding hydrogens is 683 g/mol. The van der Waals surface area contributed by atoms with Crippen LogP contribution in [0.25, 0.3) is 100 Å². The van der Waals surface area contributed by atoms with Crippen LogP contribution in [0.5, 0.6) is 0 Å². The normalized spacial score (nSPS) is 11.6. The van der Waals surface area contributed by atoms with Gasteiger partial charge in [0, 0.05) is 49.6 Å². The summed E-state index contributed by atoms with van der Waals surface area (Å²) in [6.07, 6.45) is 0. The van der Waals surface area contributed by atoms with E-state index in [1.807, 2.05) is 42.5 Å². The Balaban J connectivity index is 1.09. The maximum absolute atomic E-state index is 5.14. The van der Waals surface area contributed by atoms with Gasteiger partial charge < -0.3 is 9.13 Å². The van der Waals surface area contributed by atoms with Gasteiger partial charge in [-0.05, 0) is 71.8 Å². The molecule has 0 unspecified atom stereocenters. The van der Waals surface area contributed by atoms with Crippen molar-refractivity contribution in [3.05, 3.63) is 200 Å². The molecule has 5 heteroatoms. The molecule has 0 atom stereocenters. The van der Waals surface area contributed by atoms with Crippen LogP contribution < -0.4 is 0 Å². The third kappa shape index (κ3) is 5.21. The van der Waals surface area contributed by atoms with Gasteiger partial charge in [0.25, 0.3) is 0 Å². The van der Waals surface area contributed by atoms with E-state index >= 15 is 0 Å². The van der Waals surface area contributed by atoms with E-state index in [9.17, 15) is 0 Å². The van der Waals surface area contributed by atoms with E-state index in [0.29, 0.717) is 17.5 Å². The highest BCUT2D eigenvalue weighted by molar-refractivity contribution is 6.19. The summed E-state index contributed by atoms with van der Waals surface area (Å²) in [5.74, 6) is 1.90. The van der Waals surface area contributed by atoms with E-state index in [1.165, 1.54) is 32.6 Å². The summed E-state index contributed by atoms with van der Waals surface area (Å²) >= 11 is 0. The summed E-state index contributed by atoms with van der Waals surface area (Å²) in [5.41, 5.74) is 11.9. The van der Waals surface area contributed by atoms with Crippen molar-refractivity contribution in [1.82, 2.24) is 24.1 Å². The fraction of sp³-hybridized carbons (Fsp3) is 0. The topological polar surface area (TPSA) is 48.5 Å². The molecule has 0 aliphatic heterocycles. The molecule has 0 N–H and O–H groups in total. The molecule has 0 saturated carbocycles. The van der Waals surface area contributed by atoms with Crippen LogP contribution in [0, 0.1) is 0 Å². The molecule has 5 nitrogen and oxygen atoms in total. The maximum atomic E-state index is 5.14. The van der Waals surface area contributed by atoms with Crippen LogP contribution in [-0.2, 0) is 0 Å². The molecule has 0 spiro atoms. The van der Waals surface area contributed by atoms with Gasteiger partial charge in [0.1, 0.15) is 0 Å². The van der Waals surface area contributed by atoms with Crippen LogP contribution in [0.4, 0.5) is 0 Å². The maximum Gasteiger partial charge on any atom is 0.164 e. The Labute approximate surface area is 323 Å². The molecule has 0 fully saturated rings. The average Bonchev–Trinajstić information content (AvgIpc) is 3.78. The molecule has 0 amide bonds. The SMILES string of the molecule is c1ccc(-c2nc(-c3ccc(-n4c5ccccc5c5cc6c7ccccc7n(-c7ccccc7)c6cc54)cc3)nc(-c3ccccc3-c3ccccc3)n2)cc1. The van der Waals surface area contributed by atoms with Crippen molar-refractivity contribution in [2.75, 3.05) is 0 Å². The highest BCUT2D eigenvalue weighted by Crippen LogP contribution is 2.40. The summed E-state index contributed by atoms with van der Waals surface area (Å²) in [6.45, 7) is 0. The zero-order chi connectivity index (χ0) is 37.0. The summed E-state index contributed by atoms with van der Waals surface area (Å²) in [5, 5.41) is 4.92. The van der Waals surface area contributed by atoms with E-state index in [2.05, 4.69) is 167 Å². The number of nitrogens with zero attached hydrogens (tertiary/aromatic N) is 5. The second kappa shape index (κ2) is 13.0. The number of rotatable bonds is 6. The lowest BCUT2D eigenvalue weighted by molar-refractivity contribution is 1.07. The minimum absolute atomic E-state index is 0.625. The van der Waals surface area contributed by atoms with Crippen LogP contribution in [0.3, 0.4) is 0 Å². The first-order valence-corrected chi connectivity index (χ1v) is 18.9. The van der Waals surface area contributed by atoms with Crippen molar-refractivity contribution >= 4 is 43.6 Å².